The molecule has 1 fully saturated rings. The first-order valence-corrected chi connectivity index (χ1v) is 13.6. The predicted octanol–water partition coefficient (Wildman–Crippen LogP) is 5.13. The first kappa shape index (κ1) is 26.1. The number of carbonyl (C=O) groups excluding carboxylic acids is 2. The predicted molar refractivity (Wildman–Crippen MR) is 147 cm³/mol. The van der Waals surface area contributed by atoms with E-state index in [2.05, 4.69) is 33.1 Å². The van der Waals surface area contributed by atoms with Crippen LogP contribution in [-0.4, -0.2) is 40.8 Å². The summed E-state index contributed by atoms with van der Waals surface area (Å²) in [7, 11) is 0. The number of para-hydroxylation sites is 1. The number of phenolic OH excluding ortho intramolecular Hbond substituents is 1. The Kier molecular flexibility index (Phi) is 7.34. The number of aromatic nitrogens is 1. The molecule has 1 aliphatic heterocycles. The number of nitrogens with one attached hydrogen (secondary N) is 4. The SMILES string of the molecule is CC(C)(C)OC(=O)NCC1CCC(CNCc2[nH]c3ccccc3c2[C@@H]2NC(=O)c3ccc(O)cc32)CC1. The van der Waals surface area contributed by atoms with Crippen LogP contribution < -0.4 is 16.0 Å². The summed E-state index contributed by atoms with van der Waals surface area (Å²) in [4.78, 5) is 28.2. The van der Waals surface area contributed by atoms with Crippen molar-refractivity contribution in [3.05, 3.63) is 64.8 Å². The molecule has 0 unspecified atom stereocenters. The fraction of sp³-hybridized carbons (Fsp3) is 0.467. The van der Waals surface area contributed by atoms with Crippen LogP contribution in [0.3, 0.4) is 0 Å². The van der Waals surface area contributed by atoms with Gasteiger partial charge in [-0.25, -0.2) is 4.79 Å². The van der Waals surface area contributed by atoms with Crippen LogP contribution in [0.2, 0.25) is 0 Å². The maximum Gasteiger partial charge on any atom is 0.407 e. The van der Waals surface area contributed by atoms with Gasteiger partial charge in [0.15, 0.2) is 0 Å². The van der Waals surface area contributed by atoms with E-state index in [0.29, 0.717) is 30.5 Å². The van der Waals surface area contributed by atoms with Gasteiger partial charge in [0.05, 0.1) is 6.04 Å². The highest BCUT2D eigenvalue weighted by Crippen LogP contribution is 2.38. The number of carbonyl (C=O) groups is 2. The van der Waals surface area contributed by atoms with Crippen LogP contribution in [-0.2, 0) is 11.3 Å². The molecule has 0 radical (unpaired) electrons. The summed E-state index contributed by atoms with van der Waals surface area (Å²) in [5, 5.41) is 20.9. The summed E-state index contributed by atoms with van der Waals surface area (Å²) in [5.41, 5.74) is 4.05. The first-order valence-electron chi connectivity index (χ1n) is 13.6. The van der Waals surface area contributed by atoms with E-state index >= 15 is 0 Å². The van der Waals surface area contributed by atoms with E-state index < -0.39 is 5.60 Å². The standard InChI is InChI=1S/C30H38N4O4/c1-30(2,3)38-29(37)32-16-19-10-8-18(9-11-19)15-31-17-25-26(22-6-4-5-7-24(22)33-25)27-23-14-20(35)12-13-21(23)28(36)34-27/h4-7,12-14,18-19,27,31,33,35H,8-11,15-17H2,1-3H3,(H,32,37)(H,34,36)/t18?,19?,27-/m1/s1. The molecule has 8 nitrogen and oxygen atoms in total. The minimum Gasteiger partial charge on any atom is -0.508 e. The average molecular weight is 519 g/mol. The Bertz CT molecular complexity index is 1320. The lowest BCUT2D eigenvalue weighted by Crippen LogP contribution is -2.36. The van der Waals surface area contributed by atoms with Crippen molar-refractivity contribution in [2.45, 2.75) is 64.6 Å². The molecular weight excluding hydrogens is 480 g/mol. The summed E-state index contributed by atoms with van der Waals surface area (Å²) in [5.74, 6) is 1.11. The molecule has 1 aromatic heterocycles. The molecule has 0 bridgehead atoms. The molecule has 5 N–H and O–H groups in total. The van der Waals surface area contributed by atoms with Crippen LogP contribution in [0.15, 0.2) is 42.5 Å². The summed E-state index contributed by atoms with van der Waals surface area (Å²) in [6.45, 7) is 7.85. The van der Waals surface area contributed by atoms with Gasteiger partial charge in [-0.3, -0.25) is 4.79 Å². The number of benzene rings is 2. The van der Waals surface area contributed by atoms with Crippen LogP contribution in [0.1, 0.15) is 79.7 Å². The molecule has 0 spiro atoms. The highest BCUT2D eigenvalue weighted by Gasteiger charge is 2.33. The molecule has 38 heavy (non-hydrogen) atoms. The van der Waals surface area contributed by atoms with E-state index in [0.717, 1.165) is 60.0 Å². The molecule has 3 aromatic rings. The Labute approximate surface area is 223 Å². The molecule has 2 aromatic carbocycles. The van der Waals surface area contributed by atoms with Gasteiger partial charge in [-0.05, 0) is 94.7 Å². The molecule has 2 amide bonds. The van der Waals surface area contributed by atoms with Crippen molar-refractivity contribution in [3.63, 3.8) is 0 Å². The number of hydrogen-bond acceptors (Lipinski definition) is 5. The number of amides is 2. The van der Waals surface area contributed by atoms with Crippen LogP contribution >= 0.6 is 0 Å². The van der Waals surface area contributed by atoms with Crippen molar-refractivity contribution < 1.29 is 19.4 Å². The Balaban J connectivity index is 1.19. The zero-order chi connectivity index (χ0) is 26.9. The molecule has 2 aliphatic rings. The largest absolute Gasteiger partial charge is 0.508 e. The number of fused-ring (bicyclic) bond motifs is 2. The minimum absolute atomic E-state index is 0.118. The highest BCUT2D eigenvalue weighted by atomic mass is 16.6. The molecule has 1 aliphatic carbocycles. The van der Waals surface area contributed by atoms with Crippen molar-refractivity contribution in [1.82, 2.24) is 20.9 Å². The zero-order valence-corrected chi connectivity index (χ0v) is 22.4. The van der Waals surface area contributed by atoms with E-state index in [9.17, 15) is 14.7 Å². The smallest absolute Gasteiger partial charge is 0.407 e. The number of rotatable bonds is 7. The van der Waals surface area contributed by atoms with Crippen molar-refractivity contribution >= 4 is 22.9 Å². The Morgan fingerprint density at radius 2 is 1.76 bits per heavy atom. The molecule has 1 saturated carbocycles. The molecule has 0 saturated heterocycles. The summed E-state index contributed by atoms with van der Waals surface area (Å²) >= 11 is 0. The second kappa shape index (κ2) is 10.7. The van der Waals surface area contributed by atoms with Gasteiger partial charge in [-0.15, -0.1) is 0 Å². The van der Waals surface area contributed by atoms with Crippen molar-refractivity contribution in [2.75, 3.05) is 13.1 Å². The van der Waals surface area contributed by atoms with Gasteiger partial charge in [-0.1, -0.05) is 18.2 Å². The Morgan fingerprint density at radius 1 is 1.05 bits per heavy atom. The summed E-state index contributed by atoms with van der Waals surface area (Å²) < 4.78 is 5.35. The summed E-state index contributed by atoms with van der Waals surface area (Å²) in [6, 6.07) is 12.8. The minimum atomic E-state index is -0.479. The Hall–Kier alpha value is -3.52. The van der Waals surface area contributed by atoms with Crippen LogP contribution in [0.4, 0.5) is 4.79 Å². The quantitative estimate of drug-likeness (QED) is 0.298. The van der Waals surface area contributed by atoms with Gasteiger partial charge in [-0.2, -0.15) is 0 Å². The zero-order valence-electron chi connectivity index (χ0n) is 22.4. The van der Waals surface area contributed by atoms with E-state index in [1.165, 1.54) is 0 Å². The van der Waals surface area contributed by atoms with Crippen LogP contribution in [0.25, 0.3) is 10.9 Å². The maximum absolute atomic E-state index is 12.7. The fourth-order valence-corrected chi connectivity index (χ4v) is 5.78. The third-order valence-corrected chi connectivity index (χ3v) is 7.62. The number of aromatic amines is 1. The lowest BCUT2D eigenvalue weighted by atomic mass is 9.82. The number of alkyl carbamates (subject to hydrolysis) is 1. The molecule has 8 heteroatoms. The van der Waals surface area contributed by atoms with Crippen LogP contribution in [0, 0.1) is 11.8 Å². The van der Waals surface area contributed by atoms with Gasteiger partial charge in [0.2, 0.25) is 0 Å². The van der Waals surface area contributed by atoms with Crippen molar-refractivity contribution in [2.24, 2.45) is 11.8 Å². The molecule has 2 heterocycles. The van der Waals surface area contributed by atoms with E-state index in [-0.39, 0.29) is 23.8 Å². The van der Waals surface area contributed by atoms with E-state index in [4.69, 9.17) is 4.74 Å². The maximum atomic E-state index is 12.7. The van der Waals surface area contributed by atoms with E-state index in [1.54, 1.807) is 18.2 Å². The lowest BCUT2D eigenvalue weighted by molar-refractivity contribution is 0.0513. The van der Waals surface area contributed by atoms with Gasteiger partial charge in [0.25, 0.3) is 5.91 Å². The summed E-state index contributed by atoms with van der Waals surface area (Å²) in [6.07, 6.45) is 4.09. The lowest BCUT2D eigenvalue weighted by Gasteiger charge is -2.29. The topological polar surface area (TPSA) is 115 Å². The third kappa shape index (κ3) is 5.80. The second-order valence-electron chi connectivity index (χ2n) is 11.6. The Morgan fingerprint density at radius 3 is 2.50 bits per heavy atom. The molecular formula is C30H38N4O4. The van der Waals surface area contributed by atoms with Crippen LogP contribution in [0.5, 0.6) is 5.75 Å². The highest BCUT2D eigenvalue weighted by molar-refractivity contribution is 6.01. The molecule has 5 rings (SSSR count). The second-order valence-corrected chi connectivity index (χ2v) is 11.6. The van der Waals surface area contributed by atoms with Gasteiger partial charge in [0.1, 0.15) is 11.4 Å². The van der Waals surface area contributed by atoms with Gasteiger partial charge >= 0.3 is 6.09 Å². The van der Waals surface area contributed by atoms with Crippen molar-refractivity contribution in [3.8, 4) is 5.75 Å². The van der Waals surface area contributed by atoms with Gasteiger partial charge in [0, 0.05) is 40.8 Å². The van der Waals surface area contributed by atoms with Gasteiger partial charge < -0.3 is 30.8 Å². The number of hydrogen-bond donors (Lipinski definition) is 5. The normalized spacial score (nSPS) is 21.2. The number of ether oxygens (including phenoxy) is 1. The number of aromatic hydroxyl groups is 1. The molecule has 202 valence electrons. The van der Waals surface area contributed by atoms with Crippen molar-refractivity contribution in [1.29, 1.82) is 0 Å². The monoisotopic (exact) mass is 518 g/mol. The average Bonchev–Trinajstić information content (AvgIpc) is 3.39. The van der Waals surface area contributed by atoms with E-state index in [1.807, 2.05) is 32.9 Å². The third-order valence-electron chi connectivity index (χ3n) is 7.62. The fourth-order valence-electron chi connectivity index (χ4n) is 5.78. The molecule has 1 atom stereocenters. The first-order chi connectivity index (χ1) is 18.2. The number of H-pyrrole nitrogens is 1. The number of phenols is 1.